The van der Waals surface area contributed by atoms with Crippen molar-refractivity contribution in [3.63, 3.8) is 0 Å². The molecule has 1 aromatic carbocycles. The van der Waals surface area contributed by atoms with Crippen LogP contribution < -0.4 is 5.84 Å². The van der Waals surface area contributed by atoms with E-state index < -0.39 is 8.07 Å². The van der Waals surface area contributed by atoms with E-state index in [4.69, 9.17) is 16.0 Å². The number of aryl methyl sites for hydroxylation is 1. The number of hydrogen-bond acceptors (Lipinski definition) is 4. The third-order valence-electron chi connectivity index (χ3n) is 3.53. The molecule has 0 saturated carbocycles. The fourth-order valence-corrected chi connectivity index (χ4v) is 2.81. The van der Waals surface area contributed by atoms with Gasteiger partial charge in [-0.05, 0) is 31.2 Å². The average Bonchev–Trinajstić information content (AvgIpc) is 2.82. The van der Waals surface area contributed by atoms with E-state index >= 15 is 0 Å². The van der Waals surface area contributed by atoms with E-state index in [1.165, 1.54) is 5.01 Å². The van der Waals surface area contributed by atoms with E-state index in [1.807, 2.05) is 25.1 Å². The van der Waals surface area contributed by atoms with Gasteiger partial charge >= 0.3 is 0 Å². The molecule has 4 N–H and O–H groups in total. The zero-order valence-corrected chi connectivity index (χ0v) is 14.7. The highest BCUT2D eigenvalue weighted by Gasteiger charge is 2.14. The summed E-state index contributed by atoms with van der Waals surface area (Å²) in [5, 5.41) is 17.7. The van der Waals surface area contributed by atoms with Crippen LogP contribution in [0.15, 0.2) is 18.2 Å². The number of H-pyrrole nitrogens is 1. The number of nitrogens with two attached hydrogens (primary N) is 1. The van der Waals surface area contributed by atoms with Crippen LogP contribution in [0.25, 0.3) is 10.9 Å². The number of aromatic amines is 1. The van der Waals surface area contributed by atoms with Gasteiger partial charge in [0.1, 0.15) is 12.6 Å². The fourth-order valence-electron chi connectivity index (χ4n) is 2.06. The summed E-state index contributed by atoms with van der Waals surface area (Å²) < 4.78 is 5.59. The van der Waals surface area contributed by atoms with Gasteiger partial charge in [-0.3, -0.25) is 15.5 Å². The van der Waals surface area contributed by atoms with Crippen LogP contribution in [0.5, 0.6) is 0 Å². The first-order chi connectivity index (χ1) is 10.3. The Labute approximate surface area is 132 Å². The summed E-state index contributed by atoms with van der Waals surface area (Å²) in [4.78, 5) is 0. The highest BCUT2D eigenvalue weighted by atomic mass is 28.3. The van der Waals surface area contributed by atoms with E-state index in [2.05, 4.69) is 29.8 Å². The molecule has 120 valence electrons. The van der Waals surface area contributed by atoms with Crippen LogP contribution in [-0.4, -0.2) is 42.5 Å². The summed E-state index contributed by atoms with van der Waals surface area (Å²) in [6.07, 6.45) is 0. The van der Waals surface area contributed by atoms with Crippen molar-refractivity contribution in [1.82, 2.24) is 15.2 Å². The first kappa shape index (κ1) is 16.7. The van der Waals surface area contributed by atoms with Gasteiger partial charge in [-0.2, -0.15) is 5.10 Å². The molecule has 0 saturated heterocycles. The highest BCUT2D eigenvalue weighted by molar-refractivity contribution is 6.76. The summed E-state index contributed by atoms with van der Waals surface area (Å²) >= 11 is 0. The molecule has 2 rings (SSSR count). The van der Waals surface area contributed by atoms with E-state index in [1.54, 1.807) is 0 Å². The molecular formula is C15H25N5OSi. The minimum Gasteiger partial charge on any atom is -0.360 e. The van der Waals surface area contributed by atoms with Gasteiger partial charge in [0.2, 0.25) is 0 Å². The lowest BCUT2D eigenvalue weighted by Gasteiger charge is -2.21. The molecule has 0 fully saturated rings. The first-order valence-corrected chi connectivity index (χ1v) is 11.1. The zero-order chi connectivity index (χ0) is 16.3. The van der Waals surface area contributed by atoms with Crippen LogP contribution in [0.3, 0.4) is 0 Å². The van der Waals surface area contributed by atoms with Crippen molar-refractivity contribution in [3.05, 3.63) is 29.5 Å². The number of hydrogen-bond donors (Lipinski definition) is 3. The third-order valence-corrected chi connectivity index (χ3v) is 5.24. The number of fused-ring (bicyclic) bond motifs is 1. The van der Waals surface area contributed by atoms with Crippen LogP contribution in [0.4, 0.5) is 0 Å². The number of ether oxygens (including phenoxy) is 1. The number of rotatable bonds is 6. The van der Waals surface area contributed by atoms with Gasteiger partial charge in [-0.1, -0.05) is 19.6 Å². The maximum atomic E-state index is 8.19. The SMILES string of the molecule is Cc1[nH]nc2ccc(C(=N)N(N)COCC[Si](C)(C)C)cc12. The molecule has 0 aliphatic carbocycles. The van der Waals surface area contributed by atoms with E-state index in [0.717, 1.165) is 28.2 Å². The van der Waals surface area contributed by atoms with Crippen LogP contribution in [0.2, 0.25) is 25.7 Å². The molecule has 0 bridgehead atoms. The van der Waals surface area contributed by atoms with Gasteiger partial charge < -0.3 is 4.74 Å². The maximum absolute atomic E-state index is 8.19. The van der Waals surface area contributed by atoms with Crippen molar-refractivity contribution in [2.24, 2.45) is 5.84 Å². The molecule has 0 aliphatic rings. The zero-order valence-electron chi connectivity index (χ0n) is 13.7. The van der Waals surface area contributed by atoms with E-state index in [-0.39, 0.29) is 12.6 Å². The summed E-state index contributed by atoms with van der Waals surface area (Å²) in [5.74, 6) is 6.17. The monoisotopic (exact) mass is 319 g/mol. The topological polar surface area (TPSA) is 91.0 Å². The molecule has 0 spiro atoms. The average molecular weight is 319 g/mol. The fraction of sp³-hybridized carbons (Fsp3) is 0.467. The smallest absolute Gasteiger partial charge is 0.144 e. The van der Waals surface area contributed by atoms with Gasteiger partial charge in [-0.15, -0.1) is 0 Å². The normalized spacial score (nSPS) is 11.9. The van der Waals surface area contributed by atoms with Crippen molar-refractivity contribution in [1.29, 1.82) is 5.41 Å². The molecular weight excluding hydrogens is 294 g/mol. The van der Waals surface area contributed by atoms with Gasteiger partial charge in [0, 0.05) is 31.3 Å². The Bertz CT molecular complexity index is 661. The highest BCUT2D eigenvalue weighted by Crippen LogP contribution is 2.17. The lowest BCUT2D eigenvalue weighted by atomic mass is 10.1. The molecule has 0 aliphatic heterocycles. The van der Waals surface area contributed by atoms with Crippen molar-refractivity contribution in [3.8, 4) is 0 Å². The van der Waals surface area contributed by atoms with Crippen molar-refractivity contribution in [2.45, 2.75) is 32.6 Å². The summed E-state index contributed by atoms with van der Waals surface area (Å²) in [5.41, 5.74) is 2.64. The second kappa shape index (κ2) is 6.60. The largest absolute Gasteiger partial charge is 0.360 e. The van der Waals surface area contributed by atoms with Gasteiger partial charge in [-0.25, -0.2) is 5.84 Å². The molecule has 0 amide bonds. The Morgan fingerprint density at radius 3 is 2.82 bits per heavy atom. The molecule has 0 unspecified atom stereocenters. The first-order valence-electron chi connectivity index (χ1n) is 7.41. The number of nitrogens with one attached hydrogen (secondary N) is 2. The van der Waals surface area contributed by atoms with Crippen molar-refractivity contribution in [2.75, 3.05) is 13.3 Å². The molecule has 2 aromatic rings. The maximum Gasteiger partial charge on any atom is 0.144 e. The Morgan fingerprint density at radius 1 is 1.41 bits per heavy atom. The van der Waals surface area contributed by atoms with E-state index in [9.17, 15) is 0 Å². The molecule has 0 atom stereocenters. The second-order valence-corrected chi connectivity index (χ2v) is 12.4. The number of nitrogens with zero attached hydrogens (tertiary/aromatic N) is 2. The quantitative estimate of drug-likeness (QED) is 0.145. The molecule has 6 nitrogen and oxygen atoms in total. The van der Waals surface area contributed by atoms with Crippen LogP contribution in [-0.2, 0) is 4.74 Å². The number of amidine groups is 1. The lowest BCUT2D eigenvalue weighted by Crippen LogP contribution is -2.39. The minimum atomic E-state index is -1.10. The summed E-state index contributed by atoms with van der Waals surface area (Å²) in [7, 11) is -1.10. The Balaban J connectivity index is 1.95. The summed E-state index contributed by atoms with van der Waals surface area (Å²) in [6, 6.07) is 6.77. The van der Waals surface area contributed by atoms with Gasteiger partial charge in [0.15, 0.2) is 0 Å². The molecule has 1 heterocycles. The van der Waals surface area contributed by atoms with Crippen LogP contribution in [0.1, 0.15) is 11.3 Å². The standard InChI is InChI=1S/C15H25N5OSi/c1-11-13-9-12(5-6-14(13)19-18-11)15(16)20(17)10-21-7-8-22(2,3)4/h5-6,9,16H,7-8,10,17H2,1-4H3,(H,18,19). The summed E-state index contributed by atoms with van der Waals surface area (Å²) in [6.45, 7) is 9.80. The van der Waals surface area contributed by atoms with Crippen molar-refractivity contribution < 1.29 is 4.74 Å². The number of benzene rings is 1. The third kappa shape index (κ3) is 4.16. The Hall–Kier alpha value is -1.70. The number of aromatic nitrogens is 2. The second-order valence-electron chi connectivity index (χ2n) is 6.75. The van der Waals surface area contributed by atoms with Crippen molar-refractivity contribution >= 4 is 24.8 Å². The van der Waals surface area contributed by atoms with Crippen LogP contribution in [0, 0.1) is 12.3 Å². The lowest BCUT2D eigenvalue weighted by molar-refractivity contribution is 0.0733. The molecule has 22 heavy (non-hydrogen) atoms. The predicted molar refractivity (Wildman–Crippen MR) is 92.7 cm³/mol. The predicted octanol–water partition coefficient (Wildman–Crippen LogP) is 2.68. The Kier molecular flexibility index (Phi) is 5.00. The van der Waals surface area contributed by atoms with E-state index in [0.29, 0.717) is 6.61 Å². The molecule has 7 heteroatoms. The minimum absolute atomic E-state index is 0.228. The van der Waals surface area contributed by atoms with Crippen LogP contribution >= 0.6 is 0 Å². The van der Waals surface area contributed by atoms with Gasteiger partial charge in [0.05, 0.1) is 5.52 Å². The van der Waals surface area contributed by atoms with Gasteiger partial charge in [0.25, 0.3) is 0 Å². The molecule has 1 aromatic heterocycles. The Morgan fingerprint density at radius 2 is 2.14 bits per heavy atom. The number of hydrazine groups is 1. The molecule has 0 radical (unpaired) electrons.